The molecule has 0 fully saturated rings. The highest BCUT2D eigenvalue weighted by Gasteiger charge is 2.15. The van der Waals surface area contributed by atoms with Crippen LogP contribution in [0.15, 0.2) is 5.51 Å². The van der Waals surface area contributed by atoms with E-state index in [0.29, 0.717) is 11.5 Å². The molecule has 3 N–H and O–H groups in total. The zero-order valence-electron chi connectivity index (χ0n) is 10.6. The molecule has 100 valence electrons. The van der Waals surface area contributed by atoms with Crippen molar-refractivity contribution >= 4 is 28.2 Å². The second-order valence-electron chi connectivity index (χ2n) is 4.81. The van der Waals surface area contributed by atoms with Crippen molar-refractivity contribution in [2.75, 3.05) is 11.9 Å². The van der Waals surface area contributed by atoms with Gasteiger partial charge in [0, 0.05) is 18.5 Å². The quantitative estimate of drug-likeness (QED) is 0.756. The summed E-state index contributed by atoms with van der Waals surface area (Å²) in [6.07, 6.45) is 0.286. The number of carbonyl (C=O) groups is 2. The Morgan fingerprint density at radius 3 is 2.67 bits per heavy atom. The molecule has 1 aromatic heterocycles. The number of thiazole rings is 1. The number of nitrogens with zero attached hydrogens (tertiary/aromatic N) is 1. The van der Waals surface area contributed by atoms with Crippen LogP contribution in [0.2, 0.25) is 0 Å². The van der Waals surface area contributed by atoms with Crippen molar-refractivity contribution in [1.29, 1.82) is 0 Å². The van der Waals surface area contributed by atoms with Gasteiger partial charge in [0.15, 0.2) is 5.69 Å². The van der Waals surface area contributed by atoms with Gasteiger partial charge in [-0.15, -0.1) is 11.3 Å². The van der Waals surface area contributed by atoms with Gasteiger partial charge in [-0.25, -0.2) is 9.78 Å². The van der Waals surface area contributed by atoms with Gasteiger partial charge in [-0.3, -0.25) is 4.79 Å². The molecule has 0 aliphatic rings. The minimum atomic E-state index is -1.07. The van der Waals surface area contributed by atoms with Crippen LogP contribution in [0.25, 0.3) is 0 Å². The second-order valence-corrected chi connectivity index (χ2v) is 5.66. The van der Waals surface area contributed by atoms with Crippen LogP contribution in [0.4, 0.5) is 5.00 Å². The number of hydrogen-bond acceptors (Lipinski definition) is 5. The zero-order chi connectivity index (χ0) is 13.8. The monoisotopic (exact) mass is 271 g/mol. The van der Waals surface area contributed by atoms with Gasteiger partial charge >= 0.3 is 5.97 Å². The van der Waals surface area contributed by atoms with Gasteiger partial charge < -0.3 is 15.7 Å². The fourth-order valence-electron chi connectivity index (χ4n) is 1.29. The summed E-state index contributed by atoms with van der Waals surface area (Å²) in [5.74, 6) is -1.14. The number of carboxylic acids is 1. The molecule has 1 amide bonds. The van der Waals surface area contributed by atoms with Crippen LogP contribution in [-0.2, 0) is 4.79 Å². The Morgan fingerprint density at radius 2 is 2.11 bits per heavy atom. The first-order valence-corrected chi connectivity index (χ1v) is 6.39. The zero-order valence-corrected chi connectivity index (χ0v) is 11.4. The number of carbonyl (C=O) groups excluding carboxylic acids is 1. The molecule has 7 heteroatoms. The van der Waals surface area contributed by atoms with Crippen LogP contribution in [0.5, 0.6) is 0 Å². The number of hydrogen-bond donors (Lipinski definition) is 3. The number of carboxylic acid groups (broad SMARTS) is 1. The smallest absolute Gasteiger partial charge is 0.357 e. The molecular weight excluding hydrogens is 254 g/mol. The fourth-order valence-corrected chi connectivity index (χ4v) is 1.99. The van der Waals surface area contributed by atoms with Gasteiger partial charge in [0.1, 0.15) is 5.00 Å². The molecule has 6 nitrogen and oxygen atoms in total. The molecule has 0 radical (unpaired) electrons. The Bertz CT molecular complexity index is 437. The minimum Gasteiger partial charge on any atom is -0.476 e. The van der Waals surface area contributed by atoms with E-state index in [0.717, 1.165) is 0 Å². The van der Waals surface area contributed by atoms with E-state index in [4.69, 9.17) is 5.11 Å². The number of aromatic nitrogens is 1. The molecule has 0 aliphatic carbocycles. The van der Waals surface area contributed by atoms with Crippen molar-refractivity contribution < 1.29 is 14.7 Å². The fraction of sp³-hybridized carbons (Fsp3) is 0.545. The lowest BCUT2D eigenvalue weighted by atomic mass is 10.1. The summed E-state index contributed by atoms with van der Waals surface area (Å²) in [6.45, 7) is 6.10. The lowest BCUT2D eigenvalue weighted by Crippen LogP contribution is -2.41. The lowest BCUT2D eigenvalue weighted by Gasteiger charge is -2.20. The number of rotatable bonds is 5. The van der Waals surface area contributed by atoms with Crippen LogP contribution in [-0.4, -0.2) is 34.1 Å². The Morgan fingerprint density at radius 1 is 1.44 bits per heavy atom. The lowest BCUT2D eigenvalue weighted by molar-refractivity contribution is -0.122. The van der Waals surface area contributed by atoms with E-state index in [9.17, 15) is 9.59 Å². The third kappa shape index (κ3) is 4.70. The minimum absolute atomic E-state index is 0.00349. The van der Waals surface area contributed by atoms with E-state index in [2.05, 4.69) is 15.6 Å². The van der Waals surface area contributed by atoms with Gasteiger partial charge in [-0.1, -0.05) is 0 Å². The van der Waals surface area contributed by atoms with Crippen LogP contribution >= 0.6 is 11.3 Å². The van der Waals surface area contributed by atoms with Crippen LogP contribution in [0, 0.1) is 0 Å². The van der Waals surface area contributed by atoms with Crippen molar-refractivity contribution in [3.8, 4) is 0 Å². The molecule has 0 aliphatic heterocycles. The van der Waals surface area contributed by atoms with Crippen molar-refractivity contribution in [1.82, 2.24) is 10.3 Å². The van der Waals surface area contributed by atoms with E-state index in [1.165, 1.54) is 16.8 Å². The molecule has 0 bridgehead atoms. The molecular formula is C11H17N3O3S. The summed E-state index contributed by atoms with van der Waals surface area (Å²) in [4.78, 5) is 26.0. The first-order valence-electron chi connectivity index (χ1n) is 5.51. The van der Waals surface area contributed by atoms with Gasteiger partial charge in [-0.05, 0) is 20.8 Å². The van der Waals surface area contributed by atoms with Gasteiger partial charge in [0.05, 0.1) is 5.51 Å². The Kier molecular flexibility index (Phi) is 4.66. The summed E-state index contributed by atoms with van der Waals surface area (Å²) in [6, 6.07) is 0. The van der Waals surface area contributed by atoms with E-state index < -0.39 is 5.97 Å². The molecule has 0 saturated carbocycles. The molecule has 0 unspecified atom stereocenters. The Balaban J connectivity index is 2.40. The molecule has 0 saturated heterocycles. The summed E-state index contributed by atoms with van der Waals surface area (Å²) < 4.78 is 0. The van der Waals surface area contributed by atoms with Gasteiger partial charge in [0.25, 0.3) is 0 Å². The highest BCUT2D eigenvalue weighted by molar-refractivity contribution is 7.14. The Hall–Kier alpha value is -1.63. The van der Waals surface area contributed by atoms with Crippen molar-refractivity contribution in [2.45, 2.75) is 32.7 Å². The highest BCUT2D eigenvalue weighted by Crippen LogP contribution is 2.19. The average Bonchev–Trinajstić information content (AvgIpc) is 2.62. The molecule has 18 heavy (non-hydrogen) atoms. The van der Waals surface area contributed by atoms with Crippen molar-refractivity contribution in [3.05, 3.63) is 11.2 Å². The molecule has 0 aromatic carbocycles. The van der Waals surface area contributed by atoms with Gasteiger partial charge in [-0.2, -0.15) is 0 Å². The normalized spacial score (nSPS) is 11.1. The predicted octanol–water partition coefficient (Wildman–Crippen LogP) is 1.56. The molecule has 0 atom stereocenters. The standard InChI is InChI=1S/C11H17N3O3S/c1-11(2,3)14-7(15)4-5-12-9-8(10(16)17)13-6-18-9/h6,12H,4-5H2,1-3H3,(H,14,15)(H,16,17). The van der Waals surface area contributed by atoms with Crippen LogP contribution in [0.1, 0.15) is 37.7 Å². The first kappa shape index (κ1) is 14.4. The number of amides is 1. The largest absolute Gasteiger partial charge is 0.476 e. The van der Waals surface area contributed by atoms with E-state index in [-0.39, 0.29) is 23.6 Å². The highest BCUT2D eigenvalue weighted by atomic mass is 32.1. The Labute approximate surface area is 109 Å². The number of anilines is 1. The molecule has 1 rings (SSSR count). The summed E-state index contributed by atoms with van der Waals surface area (Å²) in [7, 11) is 0. The topological polar surface area (TPSA) is 91.3 Å². The summed E-state index contributed by atoms with van der Waals surface area (Å²) in [5, 5.41) is 15.1. The molecule has 1 aromatic rings. The molecule has 1 heterocycles. The number of aromatic carboxylic acids is 1. The maximum atomic E-state index is 11.5. The van der Waals surface area contributed by atoms with Gasteiger partial charge in [0.2, 0.25) is 5.91 Å². The van der Waals surface area contributed by atoms with Crippen LogP contribution in [0.3, 0.4) is 0 Å². The second kappa shape index (κ2) is 5.81. The molecule has 0 spiro atoms. The summed E-state index contributed by atoms with van der Waals surface area (Å²) >= 11 is 1.21. The third-order valence-electron chi connectivity index (χ3n) is 1.92. The van der Waals surface area contributed by atoms with E-state index in [1.54, 1.807) is 0 Å². The van der Waals surface area contributed by atoms with Crippen molar-refractivity contribution in [3.63, 3.8) is 0 Å². The van der Waals surface area contributed by atoms with E-state index >= 15 is 0 Å². The predicted molar refractivity (Wildman–Crippen MR) is 70.1 cm³/mol. The SMILES string of the molecule is CC(C)(C)NC(=O)CCNc1scnc1C(=O)O. The maximum absolute atomic E-state index is 11.5. The maximum Gasteiger partial charge on any atom is 0.357 e. The average molecular weight is 271 g/mol. The third-order valence-corrected chi connectivity index (χ3v) is 2.71. The van der Waals surface area contributed by atoms with E-state index in [1.807, 2.05) is 20.8 Å². The van der Waals surface area contributed by atoms with Crippen LogP contribution < -0.4 is 10.6 Å². The number of nitrogens with one attached hydrogen (secondary N) is 2. The van der Waals surface area contributed by atoms with Crippen molar-refractivity contribution in [2.24, 2.45) is 0 Å². The first-order chi connectivity index (χ1) is 8.29. The summed E-state index contributed by atoms with van der Waals surface area (Å²) in [5.41, 5.74) is 1.20.